The van der Waals surface area contributed by atoms with Gasteiger partial charge in [0.15, 0.2) is 5.60 Å². The number of nitrogens with two attached hydrogens (primary N) is 1. The highest BCUT2D eigenvalue weighted by Gasteiger charge is 2.34. The second-order valence-corrected chi connectivity index (χ2v) is 3.49. The maximum atomic E-state index is 11.2. The molecule has 1 unspecified atom stereocenters. The van der Waals surface area contributed by atoms with E-state index in [-0.39, 0.29) is 0 Å². The first-order valence-electron chi connectivity index (χ1n) is 4.12. The lowest BCUT2D eigenvalue weighted by Crippen LogP contribution is -2.40. The van der Waals surface area contributed by atoms with Gasteiger partial charge in [-0.3, -0.25) is 4.79 Å². The number of carbonyl (C=O) groups is 1. The molecule has 1 rings (SSSR count). The van der Waals surface area contributed by atoms with Crippen molar-refractivity contribution < 1.29 is 9.53 Å². The highest BCUT2D eigenvalue weighted by Crippen LogP contribution is 2.30. The highest BCUT2D eigenvalue weighted by molar-refractivity contribution is 6.31. The van der Waals surface area contributed by atoms with Crippen LogP contribution in [0.3, 0.4) is 0 Å². The summed E-state index contributed by atoms with van der Waals surface area (Å²) >= 11 is 5.94. The Labute approximate surface area is 87.8 Å². The van der Waals surface area contributed by atoms with Crippen molar-refractivity contribution in [2.75, 3.05) is 7.11 Å². The average Bonchev–Trinajstić information content (AvgIpc) is 2.17. The summed E-state index contributed by atoms with van der Waals surface area (Å²) in [5.74, 6) is -0.562. The predicted octanol–water partition coefficient (Wildman–Crippen LogP) is 1.69. The van der Waals surface area contributed by atoms with Gasteiger partial charge in [0.1, 0.15) is 0 Å². The normalized spacial score (nSPS) is 14.8. The van der Waals surface area contributed by atoms with E-state index in [1.54, 1.807) is 31.2 Å². The molecule has 0 aromatic heterocycles. The Balaban J connectivity index is 3.26. The molecule has 3 nitrogen and oxygen atoms in total. The van der Waals surface area contributed by atoms with Crippen molar-refractivity contribution in [2.45, 2.75) is 12.5 Å². The lowest BCUT2D eigenvalue weighted by molar-refractivity contribution is -0.139. The van der Waals surface area contributed by atoms with Crippen LogP contribution in [0.1, 0.15) is 12.5 Å². The molecular weight excluding hydrogens is 202 g/mol. The summed E-state index contributed by atoms with van der Waals surface area (Å²) < 4.78 is 5.11. The van der Waals surface area contributed by atoms with Crippen molar-refractivity contribution in [3.63, 3.8) is 0 Å². The van der Waals surface area contributed by atoms with Crippen molar-refractivity contribution >= 4 is 17.5 Å². The van der Waals surface area contributed by atoms with Gasteiger partial charge >= 0.3 is 0 Å². The van der Waals surface area contributed by atoms with E-state index in [0.29, 0.717) is 10.6 Å². The summed E-state index contributed by atoms with van der Waals surface area (Å²) in [4.78, 5) is 11.2. The Morgan fingerprint density at radius 2 is 2.07 bits per heavy atom. The number of rotatable bonds is 3. The van der Waals surface area contributed by atoms with Crippen LogP contribution < -0.4 is 5.73 Å². The van der Waals surface area contributed by atoms with Gasteiger partial charge in [-0.1, -0.05) is 29.8 Å². The third-order valence-corrected chi connectivity index (χ3v) is 2.60. The lowest BCUT2D eigenvalue weighted by atomic mass is 9.95. The molecular formula is C10H12ClNO2. The molecule has 1 aromatic rings. The maximum absolute atomic E-state index is 11.2. The summed E-state index contributed by atoms with van der Waals surface area (Å²) in [6.45, 7) is 1.59. The van der Waals surface area contributed by atoms with E-state index >= 15 is 0 Å². The number of benzene rings is 1. The minimum absolute atomic E-state index is 0.468. The van der Waals surface area contributed by atoms with Gasteiger partial charge < -0.3 is 10.5 Å². The Kier molecular flexibility index (Phi) is 3.13. The molecule has 0 radical (unpaired) electrons. The second-order valence-electron chi connectivity index (χ2n) is 3.08. The van der Waals surface area contributed by atoms with Crippen molar-refractivity contribution in [3.8, 4) is 0 Å². The molecule has 0 aliphatic rings. The fourth-order valence-corrected chi connectivity index (χ4v) is 1.51. The van der Waals surface area contributed by atoms with Crippen LogP contribution in [0, 0.1) is 0 Å². The summed E-state index contributed by atoms with van der Waals surface area (Å²) in [7, 11) is 1.42. The molecule has 1 aromatic carbocycles. The fourth-order valence-electron chi connectivity index (χ4n) is 1.19. The van der Waals surface area contributed by atoms with Crippen molar-refractivity contribution in [3.05, 3.63) is 34.9 Å². The van der Waals surface area contributed by atoms with Crippen molar-refractivity contribution in [1.29, 1.82) is 0 Å². The molecule has 0 aliphatic carbocycles. The molecule has 14 heavy (non-hydrogen) atoms. The number of carbonyl (C=O) groups excluding carboxylic acids is 1. The molecule has 0 heterocycles. The van der Waals surface area contributed by atoms with Gasteiger partial charge in [0.2, 0.25) is 0 Å². The fraction of sp³-hybridized carbons (Fsp3) is 0.300. The summed E-state index contributed by atoms with van der Waals surface area (Å²) in [5.41, 5.74) is 4.67. The molecule has 0 bridgehead atoms. The number of amides is 1. The smallest absolute Gasteiger partial charge is 0.254 e. The molecule has 1 atom stereocenters. The zero-order chi connectivity index (χ0) is 10.8. The third-order valence-electron chi connectivity index (χ3n) is 2.27. The van der Waals surface area contributed by atoms with Gasteiger partial charge in [-0.25, -0.2) is 0 Å². The van der Waals surface area contributed by atoms with E-state index in [4.69, 9.17) is 22.1 Å². The van der Waals surface area contributed by atoms with Crippen LogP contribution in [-0.2, 0) is 15.1 Å². The minimum Gasteiger partial charge on any atom is -0.367 e. The molecule has 0 saturated carbocycles. The largest absolute Gasteiger partial charge is 0.367 e. The number of methoxy groups -OCH3 is 1. The molecule has 76 valence electrons. The average molecular weight is 214 g/mol. The molecule has 4 heteroatoms. The first kappa shape index (κ1) is 11.0. The Morgan fingerprint density at radius 3 is 2.50 bits per heavy atom. The molecule has 0 fully saturated rings. The summed E-state index contributed by atoms with van der Waals surface area (Å²) in [6, 6.07) is 6.97. The number of hydrogen-bond acceptors (Lipinski definition) is 2. The molecule has 2 N–H and O–H groups in total. The Hall–Kier alpha value is -1.06. The number of ether oxygens (including phenoxy) is 1. The van der Waals surface area contributed by atoms with Gasteiger partial charge in [-0.15, -0.1) is 0 Å². The van der Waals surface area contributed by atoms with Gasteiger partial charge in [0.05, 0.1) is 0 Å². The monoisotopic (exact) mass is 213 g/mol. The first-order chi connectivity index (χ1) is 6.52. The van der Waals surface area contributed by atoms with E-state index < -0.39 is 11.5 Å². The molecule has 0 saturated heterocycles. The number of halogens is 1. The van der Waals surface area contributed by atoms with Gasteiger partial charge in [-0.05, 0) is 13.0 Å². The van der Waals surface area contributed by atoms with Gasteiger partial charge in [0, 0.05) is 17.7 Å². The highest BCUT2D eigenvalue weighted by atomic mass is 35.5. The summed E-state index contributed by atoms with van der Waals surface area (Å²) in [6.07, 6.45) is 0. The van der Waals surface area contributed by atoms with E-state index in [9.17, 15) is 4.79 Å². The van der Waals surface area contributed by atoms with E-state index in [2.05, 4.69) is 0 Å². The van der Waals surface area contributed by atoms with Crippen molar-refractivity contribution in [1.82, 2.24) is 0 Å². The molecule has 1 amide bonds. The van der Waals surface area contributed by atoms with Crippen molar-refractivity contribution in [2.24, 2.45) is 5.73 Å². The van der Waals surface area contributed by atoms with Crippen LogP contribution in [0.2, 0.25) is 5.02 Å². The maximum Gasteiger partial charge on any atom is 0.254 e. The van der Waals surface area contributed by atoms with Crippen LogP contribution in [0.25, 0.3) is 0 Å². The van der Waals surface area contributed by atoms with Crippen LogP contribution in [-0.4, -0.2) is 13.0 Å². The second kappa shape index (κ2) is 3.98. The Morgan fingerprint density at radius 1 is 1.50 bits per heavy atom. The van der Waals surface area contributed by atoms with Crippen LogP contribution in [0.5, 0.6) is 0 Å². The zero-order valence-corrected chi connectivity index (χ0v) is 8.84. The quantitative estimate of drug-likeness (QED) is 0.831. The standard InChI is InChI=1S/C10H12ClNO2/c1-10(14-2,9(12)13)7-5-3-4-6-8(7)11/h3-6H,1-2H3,(H2,12,13). The van der Waals surface area contributed by atoms with Crippen LogP contribution in [0.4, 0.5) is 0 Å². The van der Waals surface area contributed by atoms with Crippen LogP contribution in [0.15, 0.2) is 24.3 Å². The van der Waals surface area contributed by atoms with Gasteiger partial charge in [0.25, 0.3) is 5.91 Å². The van der Waals surface area contributed by atoms with E-state index in [0.717, 1.165) is 0 Å². The third kappa shape index (κ3) is 1.74. The topological polar surface area (TPSA) is 52.3 Å². The SMILES string of the molecule is COC(C)(C(N)=O)c1ccccc1Cl. The zero-order valence-electron chi connectivity index (χ0n) is 8.08. The number of primary amides is 1. The van der Waals surface area contributed by atoms with Crippen LogP contribution >= 0.6 is 11.6 Å². The van der Waals surface area contributed by atoms with E-state index in [1.165, 1.54) is 7.11 Å². The predicted molar refractivity (Wildman–Crippen MR) is 55.0 cm³/mol. The van der Waals surface area contributed by atoms with Gasteiger partial charge in [-0.2, -0.15) is 0 Å². The molecule has 0 aliphatic heterocycles. The molecule has 0 spiro atoms. The first-order valence-corrected chi connectivity index (χ1v) is 4.50. The number of hydrogen-bond donors (Lipinski definition) is 1. The summed E-state index contributed by atoms with van der Waals surface area (Å²) in [5, 5.41) is 0.468. The minimum atomic E-state index is -1.17. The lowest BCUT2D eigenvalue weighted by Gasteiger charge is -2.25. The Bertz CT molecular complexity index is 354. The van der Waals surface area contributed by atoms with E-state index in [1.807, 2.05) is 0 Å².